The smallest absolute Gasteiger partial charge is 0.240 e. The van der Waals surface area contributed by atoms with Crippen molar-refractivity contribution in [3.8, 4) is 11.8 Å². The highest BCUT2D eigenvalue weighted by Gasteiger charge is 2.45. The van der Waals surface area contributed by atoms with Gasteiger partial charge in [0.15, 0.2) is 0 Å². The fraction of sp³-hybridized carbons (Fsp3) is 0.472. The zero-order chi connectivity index (χ0) is 32.8. The molecule has 44 heavy (non-hydrogen) atoms. The topological polar surface area (TPSA) is 129 Å². The number of anilines is 1. The van der Waals surface area contributed by atoms with Gasteiger partial charge in [0.2, 0.25) is 17.7 Å². The fourth-order valence-electron chi connectivity index (χ4n) is 6.13. The van der Waals surface area contributed by atoms with Gasteiger partial charge in [-0.15, -0.1) is 5.92 Å². The molecule has 0 saturated heterocycles. The zero-order valence-corrected chi connectivity index (χ0v) is 27.4. The summed E-state index contributed by atoms with van der Waals surface area (Å²) in [6, 6.07) is 14.7. The van der Waals surface area contributed by atoms with Gasteiger partial charge in [0.05, 0.1) is 17.9 Å². The van der Waals surface area contributed by atoms with Crippen LogP contribution in [0.3, 0.4) is 0 Å². The Labute approximate surface area is 262 Å². The van der Waals surface area contributed by atoms with Crippen LogP contribution in [0.2, 0.25) is 0 Å². The highest BCUT2D eigenvalue weighted by atomic mass is 16.2. The number of fused-ring (bicyclic) bond motifs is 2. The van der Waals surface area contributed by atoms with E-state index in [1.165, 1.54) is 0 Å². The number of rotatable bonds is 11. The summed E-state index contributed by atoms with van der Waals surface area (Å²) < 4.78 is 0. The number of allylic oxidation sites excluding steroid dienone is 1. The van der Waals surface area contributed by atoms with Crippen molar-refractivity contribution in [3.05, 3.63) is 65.2 Å². The molecular weight excluding hydrogens is 550 g/mol. The van der Waals surface area contributed by atoms with Crippen LogP contribution in [0, 0.1) is 40.0 Å². The van der Waals surface area contributed by atoms with E-state index in [4.69, 9.17) is 11.3 Å². The van der Waals surface area contributed by atoms with E-state index in [0.29, 0.717) is 16.9 Å². The molecule has 0 bridgehead atoms. The lowest BCUT2D eigenvalue weighted by Crippen LogP contribution is -2.47. The number of nitrogens with one attached hydrogen (secondary N) is 2. The molecule has 1 aliphatic rings. The van der Waals surface area contributed by atoms with Crippen LogP contribution < -0.4 is 16.0 Å². The van der Waals surface area contributed by atoms with Crippen LogP contribution in [0.5, 0.6) is 0 Å². The van der Waals surface area contributed by atoms with Crippen molar-refractivity contribution >= 4 is 34.7 Å². The number of para-hydroxylation sites is 1. The van der Waals surface area contributed by atoms with Crippen LogP contribution in [-0.2, 0) is 20.9 Å². The summed E-state index contributed by atoms with van der Waals surface area (Å²) in [4.78, 5) is 40.0. The minimum absolute atomic E-state index is 0.0586. The SMILES string of the molecule is CC#CC(C)(CC)C(C)(C)C(C)/C1=C(\N=N)c2ccccc2N(C(=O)CCC(=O)N[C@H](C(N)=O)C(C)C)Cc2ccccc21. The van der Waals surface area contributed by atoms with Crippen molar-refractivity contribution in [2.75, 3.05) is 4.90 Å². The molecule has 8 heteroatoms. The van der Waals surface area contributed by atoms with Gasteiger partial charge in [-0.3, -0.25) is 14.4 Å². The second-order valence-electron chi connectivity index (χ2n) is 12.7. The first-order chi connectivity index (χ1) is 20.7. The van der Waals surface area contributed by atoms with E-state index in [2.05, 4.69) is 56.9 Å². The monoisotopic (exact) mass is 597 g/mol. The Morgan fingerprint density at radius 2 is 1.64 bits per heavy atom. The van der Waals surface area contributed by atoms with Crippen LogP contribution >= 0.6 is 0 Å². The van der Waals surface area contributed by atoms with E-state index in [-0.39, 0.29) is 48.0 Å². The second-order valence-corrected chi connectivity index (χ2v) is 12.7. The van der Waals surface area contributed by atoms with Gasteiger partial charge in [0.25, 0.3) is 0 Å². The molecule has 0 aliphatic carbocycles. The summed E-state index contributed by atoms with van der Waals surface area (Å²) in [5.41, 5.74) is 17.9. The molecule has 1 aliphatic heterocycles. The molecule has 0 spiro atoms. The van der Waals surface area contributed by atoms with Crippen LogP contribution in [0.25, 0.3) is 11.3 Å². The predicted molar refractivity (Wildman–Crippen MR) is 176 cm³/mol. The van der Waals surface area contributed by atoms with Gasteiger partial charge in [0, 0.05) is 23.8 Å². The number of primary amides is 1. The summed E-state index contributed by atoms with van der Waals surface area (Å²) in [7, 11) is 0. The van der Waals surface area contributed by atoms with E-state index >= 15 is 0 Å². The average Bonchev–Trinajstić information content (AvgIpc) is 2.98. The largest absolute Gasteiger partial charge is 0.368 e. The lowest BCUT2D eigenvalue weighted by atomic mass is 9.57. The van der Waals surface area contributed by atoms with E-state index in [1.807, 2.05) is 55.5 Å². The van der Waals surface area contributed by atoms with Crippen LogP contribution in [0.4, 0.5) is 5.69 Å². The van der Waals surface area contributed by atoms with E-state index in [9.17, 15) is 14.4 Å². The van der Waals surface area contributed by atoms with Gasteiger partial charge in [-0.25, -0.2) is 5.53 Å². The number of hydrogen-bond acceptors (Lipinski definition) is 5. The highest BCUT2D eigenvalue weighted by Crippen LogP contribution is 2.54. The Balaban J connectivity index is 2.14. The van der Waals surface area contributed by atoms with E-state index < -0.39 is 17.9 Å². The summed E-state index contributed by atoms with van der Waals surface area (Å²) in [5, 5.41) is 6.81. The minimum Gasteiger partial charge on any atom is -0.368 e. The zero-order valence-electron chi connectivity index (χ0n) is 27.4. The third-order valence-electron chi connectivity index (χ3n) is 9.66. The van der Waals surface area contributed by atoms with Crippen LogP contribution in [0.15, 0.2) is 53.6 Å². The average molecular weight is 598 g/mol. The third-order valence-corrected chi connectivity index (χ3v) is 9.66. The molecule has 2 aromatic rings. The molecule has 0 fully saturated rings. The summed E-state index contributed by atoms with van der Waals surface area (Å²) in [6.07, 6.45) is 0.701. The van der Waals surface area contributed by atoms with Crippen LogP contribution in [-0.4, -0.2) is 23.8 Å². The lowest BCUT2D eigenvalue weighted by molar-refractivity contribution is -0.129. The molecule has 2 aromatic carbocycles. The van der Waals surface area contributed by atoms with Crippen molar-refractivity contribution in [1.29, 1.82) is 5.53 Å². The van der Waals surface area contributed by atoms with Crippen molar-refractivity contribution < 1.29 is 14.4 Å². The van der Waals surface area contributed by atoms with Gasteiger partial charge in [-0.1, -0.05) is 89.9 Å². The quantitative estimate of drug-likeness (QED) is 0.192. The number of carbonyl (C=O) groups is 3. The molecule has 3 amide bonds. The number of amides is 3. The number of nitrogens with zero attached hydrogens (tertiary/aromatic N) is 2. The number of nitrogens with two attached hydrogens (primary N) is 1. The van der Waals surface area contributed by atoms with Gasteiger partial charge in [-0.05, 0) is 60.3 Å². The summed E-state index contributed by atoms with van der Waals surface area (Å²) in [6.45, 7) is 16.8. The van der Waals surface area contributed by atoms with E-state index in [1.54, 1.807) is 18.7 Å². The lowest BCUT2D eigenvalue weighted by Gasteiger charge is -2.46. The van der Waals surface area contributed by atoms with Crippen molar-refractivity contribution in [2.45, 2.75) is 87.2 Å². The molecule has 0 saturated carbocycles. The molecule has 3 rings (SSSR count). The maximum atomic E-state index is 13.9. The van der Waals surface area contributed by atoms with Crippen molar-refractivity contribution in [3.63, 3.8) is 0 Å². The molecule has 2 unspecified atom stereocenters. The molecule has 8 nitrogen and oxygen atoms in total. The number of carbonyl (C=O) groups excluding carboxylic acids is 3. The Kier molecular flexibility index (Phi) is 10.9. The Morgan fingerprint density at radius 1 is 1.02 bits per heavy atom. The van der Waals surface area contributed by atoms with E-state index in [0.717, 1.165) is 23.1 Å². The first-order valence-electron chi connectivity index (χ1n) is 15.4. The molecule has 0 aromatic heterocycles. The van der Waals surface area contributed by atoms with Crippen molar-refractivity contribution in [1.82, 2.24) is 5.32 Å². The molecule has 3 atom stereocenters. The summed E-state index contributed by atoms with van der Waals surface area (Å²) >= 11 is 0. The van der Waals surface area contributed by atoms with Gasteiger partial charge in [-0.2, -0.15) is 5.11 Å². The fourth-order valence-corrected chi connectivity index (χ4v) is 6.13. The maximum absolute atomic E-state index is 13.9. The first-order valence-corrected chi connectivity index (χ1v) is 15.4. The van der Waals surface area contributed by atoms with Crippen molar-refractivity contribution in [2.24, 2.45) is 33.5 Å². The van der Waals surface area contributed by atoms with Crippen LogP contribution in [0.1, 0.15) is 91.3 Å². The first kappa shape index (κ1) is 34.2. The number of benzene rings is 2. The maximum Gasteiger partial charge on any atom is 0.240 e. The Morgan fingerprint density at radius 3 is 2.20 bits per heavy atom. The normalized spacial score (nSPS) is 17.4. The highest BCUT2D eigenvalue weighted by molar-refractivity contribution is 6.03. The van der Waals surface area contributed by atoms with Gasteiger partial charge in [0.1, 0.15) is 6.04 Å². The summed E-state index contributed by atoms with van der Waals surface area (Å²) in [5.74, 6) is 5.12. The number of hydrogen-bond donors (Lipinski definition) is 3. The van der Waals surface area contributed by atoms with Gasteiger partial charge >= 0.3 is 0 Å². The second kappa shape index (κ2) is 14.0. The molecule has 4 N–H and O–H groups in total. The molecule has 1 heterocycles. The standard InChI is InChI=1S/C36H47N5O3/c1-9-21-36(8,10-2)35(6,7)24(5)31-26-16-12-11-15-25(26)22-41(28-18-14-13-17-27(28)33(31)40-38)30(43)20-19-29(42)39-32(23(3)4)34(37)44/h11-18,23-24,32,38H,10,19-20,22H2,1-8H3,(H2,37,44)(H,39,42)/b33-31+,40-38?/t24?,32-,36?/m0/s1. The Bertz CT molecular complexity index is 1510. The molecule has 234 valence electrons. The third kappa shape index (κ3) is 6.77. The predicted octanol–water partition coefficient (Wildman–Crippen LogP) is 6.94. The Hall–Kier alpha value is -4.25. The minimum atomic E-state index is -0.805. The molecular formula is C36H47N5O3. The van der Waals surface area contributed by atoms with Gasteiger partial charge < -0.3 is 16.0 Å². The molecule has 0 radical (unpaired) electrons.